The van der Waals surface area contributed by atoms with Crippen LogP contribution in [0.25, 0.3) is 0 Å². The monoisotopic (exact) mass is 543 g/mol. The molecule has 2 N–H and O–H groups in total. The van der Waals surface area contributed by atoms with E-state index in [0.717, 1.165) is 65.1 Å². The van der Waals surface area contributed by atoms with Crippen molar-refractivity contribution < 1.29 is 19.4 Å². The number of carboxylic acid groups (broad SMARTS) is 1. The lowest BCUT2D eigenvalue weighted by Gasteiger charge is -2.38. The Morgan fingerprint density at radius 2 is 1.44 bits per heavy atom. The first kappa shape index (κ1) is 33.2. The Balaban J connectivity index is 1.86. The summed E-state index contributed by atoms with van der Waals surface area (Å²) < 4.78 is 6.73. The zero-order valence-corrected chi connectivity index (χ0v) is 26.3. The first-order chi connectivity index (χ1) is 18.3. The van der Waals surface area contributed by atoms with Gasteiger partial charge in [0.25, 0.3) is 0 Å². The zero-order chi connectivity index (χ0) is 29.2. The molecule has 0 aromatic heterocycles. The van der Waals surface area contributed by atoms with Gasteiger partial charge in [0.1, 0.15) is 11.4 Å². The van der Waals surface area contributed by atoms with Crippen LogP contribution < -0.4 is 10.1 Å². The summed E-state index contributed by atoms with van der Waals surface area (Å²) in [7, 11) is 0. The summed E-state index contributed by atoms with van der Waals surface area (Å²) in [6, 6.07) is 0. The van der Waals surface area contributed by atoms with Crippen LogP contribution in [0, 0.1) is 38.5 Å². The molecule has 1 aliphatic rings. The number of fused-ring (bicyclic) bond motifs is 1. The normalized spacial score (nSPS) is 18.4. The van der Waals surface area contributed by atoms with Crippen molar-refractivity contribution in [3.63, 3.8) is 0 Å². The van der Waals surface area contributed by atoms with Crippen LogP contribution in [0.5, 0.6) is 5.75 Å². The molecule has 3 atom stereocenters. The number of benzene rings is 1. The molecule has 0 saturated carbocycles. The predicted octanol–water partition coefficient (Wildman–Crippen LogP) is 9.33. The quantitative estimate of drug-likeness (QED) is 0.205. The fourth-order valence-corrected chi connectivity index (χ4v) is 6.08. The number of anilines is 1. The number of carboxylic acids is 1. The lowest BCUT2D eigenvalue weighted by molar-refractivity contribution is -0.137. The summed E-state index contributed by atoms with van der Waals surface area (Å²) >= 11 is 0. The molecule has 2 rings (SSSR count). The van der Waals surface area contributed by atoms with Crippen LogP contribution in [0.2, 0.25) is 0 Å². The molecule has 1 aliphatic heterocycles. The summed E-state index contributed by atoms with van der Waals surface area (Å²) in [5, 5.41) is 11.9. The maximum absolute atomic E-state index is 12.5. The van der Waals surface area contributed by atoms with E-state index in [1.165, 1.54) is 56.9 Å². The summed E-state index contributed by atoms with van der Waals surface area (Å²) in [6.45, 7) is 17.9. The number of amides is 1. The van der Waals surface area contributed by atoms with Crippen molar-refractivity contribution in [2.24, 2.45) is 17.8 Å². The first-order valence-corrected chi connectivity index (χ1v) is 15.7. The number of nitrogens with one attached hydrogen (secondary N) is 1. The number of carbonyl (C=O) groups excluding carboxylic acids is 1. The Bertz CT molecular complexity index is 953. The second-order valence-corrected chi connectivity index (χ2v) is 13.3. The van der Waals surface area contributed by atoms with Crippen LogP contribution in [0.1, 0.15) is 140 Å². The average Bonchev–Trinajstić information content (AvgIpc) is 2.84. The lowest BCUT2D eigenvalue weighted by atomic mass is 9.83. The highest BCUT2D eigenvalue weighted by Crippen LogP contribution is 2.44. The lowest BCUT2D eigenvalue weighted by Crippen LogP contribution is -2.37. The van der Waals surface area contributed by atoms with Gasteiger partial charge in [-0.3, -0.25) is 9.59 Å². The van der Waals surface area contributed by atoms with Crippen molar-refractivity contribution >= 4 is 17.6 Å². The van der Waals surface area contributed by atoms with Crippen LogP contribution in [0.3, 0.4) is 0 Å². The van der Waals surface area contributed by atoms with Crippen molar-refractivity contribution in [3.05, 3.63) is 22.3 Å². The molecule has 0 radical (unpaired) electrons. The van der Waals surface area contributed by atoms with E-state index >= 15 is 0 Å². The smallest absolute Gasteiger partial charge is 0.303 e. The third kappa shape index (κ3) is 10.8. The molecule has 39 heavy (non-hydrogen) atoms. The third-order valence-corrected chi connectivity index (χ3v) is 8.97. The summed E-state index contributed by atoms with van der Waals surface area (Å²) in [6.07, 6.45) is 14.2. The van der Waals surface area contributed by atoms with Gasteiger partial charge in [0.15, 0.2) is 0 Å². The minimum absolute atomic E-state index is 0.0115. The Kier molecular flexibility index (Phi) is 13.3. The summed E-state index contributed by atoms with van der Waals surface area (Å²) in [5.41, 5.74) is 5.12. The molecular formula is C34H57NO4. The second kappa shape index (κ2) is 15.7. The van der Waals surface area contributed by atoms with Crippen LogP contribution in [0.15, 0.2) is 0 Å². The van der Waals surface area contributed by atoms with Crippen molar-refractivity contribution in [1.82, 2.24) is 0 Å². The molecule has 0 aliphatic carbocycles. The van der Waals surface area contributed by atoms with Gasteiger partial charge in [0, 0.05) is 18.5 Å². The second-order valence-electron chi connectivity index (χ2n) is 13.3. The van der Waals surface area contributed by atoms with Gasteiger partial charge < -0.3 is 15.2 Å². The minimum Gasteiger partial charge on any atom is -0.487 e. The van der Waals surface area contributed by atoms with E-state index in [1.807, 2.05) is 6.92 Å². The molecule has 1 heterocycles. The van der Waals surface area contributed by atoms with Crippen molar-refractivity contribution in [1.29, 1.82) is 0 Å². The first-order valence-electron chi connectivity index (χ1n) is 15.7. The SMILES string of the molecule is Cc1c(C)c2c(c(C)c1NC(=O)CCCC(=O)O)CC[C@@](C)(CCC[C@H](C)CCC[C@H](C)CCCC(C)C)O2. The minimum atomic E-state index is -0.869. The molecule has 5 nitrogen and oxygen atoms in total. The topological polar surface area (TPSA) is 75.6 Å². The molecular weight excluding hydrogens is 486 g/mol. The third-order valence-electron chi connectivity index (χ3n) is 8.97. The molecule has 0 spiro atoms. The van der Waals surface area contributed by atoms with Gasteiger partial charge in [-0.1, -0.05) is 72.6 Å². The molecule has 1 amide bonds. The Labute approximate surface area is 238 Å². The molecule has 222 valence electrons. The highest BCUT2D eigenvalue weighted by molar-refractivity contribution is 5.93. The predicted molar refractivity (Wildman–Crippen MR) is 163 cm³/mol. The number of aliphatic carboxylic acids is 1. The van der Waals surface area contributed by atoms with E-state index in [4.69, 9.17) is 9.84 Å². The van der Waals surface area contributed by atoms with Gasteiger partial charge >= 0.3 is 5.97 Å². The highest BCUT2D eigenvalue weighted by Gasteiger charge is 2.34. The van der Waals surface area contributed by atoms with E-state index in [9.17, 15) is 9.59 Å². The highest BCUT2D eigenvalue weighted by atomic mass is 16.5. The van der Waals surface area contributed by atoms with E-state index in [1.54, 1.807) is 0 Å². The van der Waals surface area contributed by atoms with Gasteiger partial charge in [-0.2, -0.15) is 0 Å². The molecule has 1 aromatic rings. The van der Waals surface area contributed by atoms with Gasteiger partial charge in [-0.25, -0.2) is 0 Å². The van der Waals surface area contributed by atoms with Gasteiger partial charge in [0.05, 0.1) is 0 Å². The molecule has 0 bridgehead atoms. The Hall–Kier alpha value is -2.04. The largest absolute Gasteiger partial charge is 0.487 e. The fourth-order valence-electron chi connectivity index (χ4n) is 6.08. The van der Waals surface area contributed by atoms with Gasteiger partial charge in [0.2, 0.25) is 5.91 Å². The Morgan fingerprint density at radius 3 is 2.03 bits per heavy atom. The fraction of sp³-hybridized carbons (Fsp3) is 0.765. The average molecular weight is 544 g/mol. The molecule has 0 unspecified atom stereocenters. The van der Waals surface area contributed by atoms with Crippen LogP contribution in [-0.4, -0.2) is 22.6 Å². The summed E-state index contributed by atoms with van der Waals surface area (Å²) in [5.74, 6) is 2.45. The van der Waals surface area contributed by atoms with Crippen molar-refractivity contribution in [2.45, 2.75) is 151 Å². The number of hydrogen-bond donors (Lipinski definition) is 2. The van der Waals surface area contributed by atoms with E-state index < -0.39 is 5.97 Å². The number of rotatable bonds is 17. The zero-order valence-electron chi connectivity index (χ0n) is 26.3. The van der Waals surface area contributed by atoms with Gasteiger partial charge in [-0.15, -0.1) is 0 Å². The van der Waals surface area contributed by atoms with Crippen LogP contribution in [0.4, 0.5) is 5.69 Å². The van der Waals surface area contributed by atoms with E-state index in [0.29, 0.717) is 6.42 Å². The van der Waals surface area contributed by atoms with Crippen molar-refractivity contribution in [3.8, 4) is 5.75 Å². The molecule has 5 heteroatoms. The Morgan fingerprint density at radius 1 is 0.846 bits per heavy atom. The molecule has 0 fully saturated rings. The number of hydrogen-bond acceptors (Lipinski definition) is 3. The van der Waals surface area contributed by atoms with Gasteiger partial charge in [-0.05, 0) is 99.8 Å². The maximum Gasteiger partial charge on any atom is 0.303 e. The van der Waals surface area contributed by atoms with Crippen molar-refractivity contribution in [2.75, 3.05) is 5.32 Å². The van der Waals surface area contributed by atoms with E-state index in [-0.39, 0.29) is 24.3 Å². The molecule has 1 aromatic carbocycles. The van der Waals surface area contributed by atoms with E-state index in [2.05, 4.69) is 53.8 Å². The molecule has 0 saturated heterocycles. The summed E-state index contributed by atoms with van der Waals surface area (Å²) in [4.78, 5) is 23.2. The number of ether oxygens (including phenoxy) is 1. The number of carbonyl (C=O) groups is 2. The maximum atomic E-state index is 12.5. The van der Waals surface area contributed by atoms with Crippen LogP contribution in [-0.2, 0) is 16.0 Å². The standard InChI is InChI=1S/C34H57NO4/c1-23(2)13-9-14-24(3)15-10-16-25(4)17-12-21-34(8)22-20-29-28(7)32(26(5)27(6)33(29)39-34)35-30(36)18-11-19-31(37)38/h23-25H,9-22H2,1-8H3,(H,35,36)(H,37,38)/t24-,25-,34-/m1/s1. The van der Waals surface area contributed by atoms with Crippen LogP contribution >= 0.6 is 0 Å².